The van der Waals surface area contributed by atoms with Crippen molar-refractivity contribution in [3.05, 3.63) is 57.0 Å². The third-order valence-corrected chi connectivity index (χ3v) is 3.48. The minimum atomic E-state index is -1.08. The average Bonchev–Trinajstić information content (AvgIpc) is 2.39. The van der Waals surface area contributed by atoms with E-state index < -0.39 is 5.97 Å². The van der Waals surface area contributed by atoms with Crippen molar-refractivity contribution in [2.24, 2.45) is 0 Å². The Morgan fingerprint density at radius 2 is 2.10 bits per heavy atom. The maximum Gasteiger partial charge on any atom is 0.338 e. The zero-order valence-electron chi connectivity index (χ0n) is 10.3. The highest BCUT2D eigenvalue weighted by Crippen LogP contribution is 2.29. The molecule has 6 heteroatoms. The van der Waals surface area contributed by atoms with Gasteiger partial charge < -0.3 is 15.6 Å². The molecule has 0 unspecified atom stereocenters. The predicted octanol–water partition coefficient (Wildman–Crippen LogP) is 3.96. The summed E-state index contributed by atoms with van der Waals surface area (Å²) in [6, 6.07) is 10.1. The number of benzene rings is 2. The van der Waals surface area contributed by atoms with Crippen molar-refractivity contribution >= 4 is 39.2 Å². The Hall–Kier alpha value is -1.72. The van der Waals surface area contributed by atoms with Gasteiger partial charge in [0.05, 0.1) is 10.6 Å². The summed E-state index contributed by atoms with van der Waals surface area (Å²) < 4.78 is 6.39. The van der Waals surface area contributed by atoms with Gasteiger partial charge in [-0.15, -0.1) is 0 Å². The van der Waals surface area contributed by atoms with Crippen LogP contribution in [0.2, 0.25) is 5.02 Å². The molecule has 20 heavy (non-hydrogen) atoms. The lowest BCUT2D eigenvalue weighted by atomic mass is 10.1. The van der Waals surface area contributed by atoms with Gasteiger partial charge in [0, 0.05) is 15.7 Å². The van der Waals surface area contributed by atoms with Crippen LogP contribution < -0.4 is 10.5 Å². The quantitative estimate of drug-likeness (QED) is 0.813. The van der Waals surface area contributed by atoms with Crippen LogP contribution >= 0.6 is 27.5 Å². The van der Waals surface area contributed by atoms with E-state index in [4.69, 9.17) is 22.1 Å². The van der Waals surface area contributed by atoms with Crippen molar-refractivity contribution in [2.75, 3.05) is 5.73 Å². The van der Waals surface area contributed by atoms with Crippen molar-refractivity contribution in [2.45, 2.75) is 6.61 Å². The highest BCUT2D eigenvalue weighted by atomic mass is 79.9. The standard InChI is InChI=1S/C14H11BrClNO3/c15-9-4-5-10(16)12(6-9)20-7-8-2-1-3-11(17)13(8)14(18)19/h1-6H,7,17H2,(H,18,19). The van der Waals surface area contributed by atoms with Crippen molar-refractivity contribution < 1.29 is 14.6 Å². The van der Waals surface area contributed by atoms with E-state index >= 15 is 0 Å². The van der Waals surface area contributed by atoms with Gasteiger partial charge in [-0.2, -0.15) is 0 Å². The normalized spacial score (nSPS) is 10.3. The molecule has 0 aliphatic carbocycles. The van der Waals surface area contributed by atoms with Gasteiger partial charge in [-0.1, -0.05) is 39.7 Å². The molecule has 0 spiro atoms. The Morgan fingerprint density at radius 1 is 1.35 bits per heavy atom. The van der Waals surface area contributed by atoms with Crippen LogP contribution in [-0.4, -0.2) is 11.1 Å². The van der Waals surface area contributed by atoms with Crippen molar-refractivity contribution in [3.8, 4) is 5.75 Å². The largest absolute Gasteiger partial charge is 0.487 e. The smallest absolute Gasteiger partial charge is 0.338 e. The first-order valence-electron chi connectivity index (χ1n) is 5.67. The summed E-state index contributed by atoms with van der Waals surface area (Å²) in [7, 11) is 0. The van der Waals surface area contributed by atoms with Crippen molar-refractivity contribution in [1.82, 2.24) is 0 Å². The molecule has 104 valence electrons. The summed E-state index contributed by atoms with van der Waals surface area (Å²) in [5.74, 6) is -0.609. The van der Waals surface area contributed by atoms with Crippen LogP contribution in [0, 0.1) is 0 Å². The van der Waals surface area contributed by atoms with Crippen LogP contribution in [0.5, 0.6) is 5.75 Å². The Kier molecular flexibility index (Phi) is 4.52. The molecule has 0 heterocycles. The maximum absolute atomic E-state index is 11.2. The van der Waals surface area contributed by atoms with E-state index in [0.717, 1.165) is 4.47 Å². The molecule has 0 amide bonds. The average molecular weight is 357 g/mol. The first kappa shape index (κ1) is 14.7. The van der Waals surface area contributed by atoms with Crippen LogP contribution in [0.15, 0.2) is 40.9 Å². The molecule has 0 bridgehead atoms. The second kappa shape index (κ2) is 6.15. The number of aromatic carboxylic acids is 1. The molecule has 0 fully saturated rings. The number of nitrogen functional groups attached to an aromatic ring is 1. The van der Waals surface area contributed by atoms with E-state index in [2.05, 4.69) is 15.9 Å². The molecule has 3 N–H and O–H groups in total. The number of rotatable bonds is 4. The number of carboxylic acids is 1. The minimum absolute atomic E-state index is 0.0543. The number of carboxylic acid groups (broad SMARTS) is 1. The third-order valence-electron chi connectivity index (χ3n) is 2.67. The third kappa shape index (κ3) is 3.23. The van der Waals surface area contributed by atoms with Crippen LogP contribution in [0.4, 0.5) is 5.69 Å². The molecular formula is C14H11BrClNO3. The molecule has 2 rings (SSSR count). The van der Waals surface area contributed by atoms with E-state index in [9.17, 15) is 9.90 Å². The van der Waals surface area contributed by atoms with Gasteiger partial charge in [-0.3, -0.25) is 0 Å². The van der Waals surface area contributed by atoms with Gasteiger partial charge >= 0.3 is 5.97 Å². The van der Waals surface area contributed by atoms with E-state index in [1.165, 1.54) is 0 Å². The van der Waals surface area contributed by atoms with Gasteiger partial charge in [0.25, 0.3) is 0 Å². The van der Waals surface area contributed by atoms with Gasteiger partial charge in [-0.05, 0) is 24.3 Å². The Labute approximate surface area is 129 Å². The first-order chi connectivity index (χ1) is 9.49. The van der Waals surface area contributed by atoms with Crippen molar-refractivity contribution in [3.63, 3.8) is 0 Å². The fourth-order valence-corrected chi connectivity index (χ4v) is 2.26. The van der Waals surface area contributed by atoms with E-state index in [1.54, 1.807) is 36.4 Å². The van der Waals surface area contributed by atoms with Crippen LogP contribution in [0.1, 0.15) is 15.9 Å². The molecule has 2 aromatic carbocycles. The van der Waals surface area contributed by atoms with Gasteiger partial charge in [0.15, 0.2) is 0 Å². The number of hydrogen-bond donors (Lipinski definition) is 2. The molecule has 0 radical (unpaired) electrons. The number of halogens is 2. The summed E-state index contributed by atoms with van der Waals surface area (Å²) >= 11 is 9.33. The number of carbonyl (C=O) groups is 1. The number of nitrogens with two attached hydrogens (primary N) is 1. The topological polar surface area (TPSA) is 72.5 Å². The van der Waals surface area contributed by atoms with Crippen LogP contribution in [-0.2, 0) is 6.61 Å². The summed E-state index contributed by atoms with van der Waals surface area (Å²) in [4.78, 5) is 11.2. The number of ether oxygens (including phenoxy) is 1. The fraction of sp³-hybridized carbons (Fsp3) is 0.0714. The summed E-state index contributed by atoms with van der Waals surface area (Å²) in [5.41, 5.74) is 6.43. The van der Waals surface area contributed by atoms with Crippen LogP contribution in [0.3, 0.4) is 0 Å². The Bertz CT molecular complexity index is 661. The van der Waals surface area contributed by atoms with Crippen LogP contribution in [0.25, 0.3) is 0 Å². The van der Waals surface area contributed by atoms with E-state index in [-0.39, 0.29) is 17.9 Å². The minimum Gasteiger partial charge on any atom is -0.487 e. The van der Waals surface area contributed by atoms with Gasteiger partial charge in [0.1, 0.15) is 12.4 Å². The molecule has 0 aromatic heterocycles. The lowest BCUT2D eigenvalue weighted by Gasteiger charge is -2.11. The molecule has 0 aliphatic rings. The van der Waals surface area contributed by atoms with E-state index in [1.807, 2.05) is 0 Å². The van der Waals surface area contributed by atoms with E-state index in [0.29, 0.717) is 16.3 Å². The highest BCUT2D eigenvalue weighted by Gasteiger charge is 2.14. The van der Waals surface area contributed by atoms with Gasteiger partial charge in [0.2, 0.25) is 0 Å². The molecular weight excluding hydrogens is 346 g/mol. The molecule has 0 saturated carbocycles. The van der Waals surface area contributed by atoms with Gasteiger partial charge in [-0.25, -0.2) is 4.79 Å². The lowest BCUT2D eigenvalue weighted by Crippen LogP contribution is -2.09. The Morgan fingerprint density at radius 3 is 2.80 bits per heavy atom. The maximum atomic E-state index is 11.2. The SMILES string of the molecule is Nc1cccc(COc2cc(Br)ccc2Cl)c1C(=O)O. The number of hydrogen-bond acceptors (Lipinski definition) is 3. The molecule has 0 atom stereocenters. The molecule has 0 saturated heterocycles. The second-order valence-electron chi connectivity index (χ2n) is 4.05. The number of anilines is 1. The lowest BCUT2D eigenvalue weighted by molar-refractivity contribution is 0.0695. The zero-order chi connectivity index (χ0) is 14.7. The predicted molar refractivity (Wildman–Crippen MR) is 81.3 cm³/mol. The first-order valence-corrected chi connectivity index (χ1v) is 6.84. The fourth-order valence-electron chi connectivity index (χ4n) is 1.74. The highest BCUT2D eigenvalue weighted by molar-refractivity contribution is 9.10. The van der Waals surface area contributed by atoms with Crippen molar-refractivity contribution in [1.29, 1.82) is 0 Å². The Balaban J connectivity index is 2.25. The summed E-state index contributed by atoms with van der Waals surface area (Å²) in [5, 5.41) is 9.63. The second-order valence-corrected chi connectivity index (χ2v) is 5.37. The summed E-state index contributed by atoms with van der Waals surface area (Å²) in [6.45, 7) is 0.0723. The molecule has 0 aliphatic heterocycles. The zero-order valence-corrected chi connectivity index (χ0v) is 12.6. The molecule has 2 aromatic rings. The summed E-state index contributed by atoms with van der Waals surface area (Å²) in [6.07, 6.45) is 0. The molecule has 4 nitrogen and oxygen atoms in total. The monoisotopic (exact) mass is 355 g/mol.